The summed E-state index contributed by atoms with van der Waals surface area (Å²) in [7, 11) is 1.59. The van der Waals surface area contributed by atoms with Crippen LogP contribution in [0.25, 0.3) is 0 Å². The van der Waals surface area contributed by atoms with Gasteiger partial charge >= 0.3 is 0 Å². The Kier molecular flexibility index (Phi) is 8.10. The van der Waals surface area contributed by atoms with Crippen molar-refractivity contribution in [2.45, 2.75) is 19.1 Å². The van der Waals surface area contributed by atoms with Gasteiger partial charge in [0.1, 0.15) is 0 Å². The first kappa shape index (κ1) is 22.6. The average molecular weight is 450 g/mol. The molecule has 2 N–H and O–H groups in total. The zero-order valence-electron chi connectivity index (χ0n) is 16.8. The lowest BCUT2D eigenvalue weighted by Crippen LogP contribution is -2.47. The summed E-state index contributed by atoms with van der Waals surface area (Å²) >= 11 is 12.1. The molecule has 2 aromatic rings. The summed E-state index contributed by atoms with van der Waals surface area (Å²) in [6.07, 6.45) is 0.189. The molecule has 30 heavy (non-hydrogen) atoms. The van der Waals surface area contributed by atoms with Gasteiger partial charge in [-0.3, -0.25) is 14.5 Å². The Labute approximate surface area is 186 Å². The second-order valence-electron chi connectivity index (χ2n) is 7.23. The minimum atomic E-state index is -0.147. The fourth-order valence-electron chi connectivity index (χ4n) is 3.34. The Morgan fingerprint density at radius 1 is 1.10 bits per heavy atom. The molecule has 1 heterocycles. The fraction of sp³-hybridized carbons (Fsp3) is 0.364. The van der Waals surface area contributed by atoms with E-state index in [0.29, 0.717) is 28.8 Å². The van der Waals surface area contributed by atoms with Gasteiger partial charge in [-0.15, -0.1) is 0 Å². The maximum absolute atomic E-state index is 12.3. The van der Waals surface area contributed by atoms with Crippen LogP contribution in [0.4, 0.5) is 0 Å². The summed E-state index contributed by atoms with van der Waals surface area (Å²) in [5, 5.41) is 6.61. The van der Waals surface area contributed by atoms with Crippen molar-refractivity contribution in [3.05, 3.63) is 69.2 Å². The molecule has 1 aliphatic rings. The van der Waals surface area contributed by atoms with Gasteiger partial charge < -0.3 is 15.4 Å². The zero-order valence-corrected chi connectivity index (χ0v) is 18.3. The molecule has 0 saturated carbocycles. The number of carbonyl (C=O) groups excluding carboxylic acids is 2. The quantitative estimate of drug-likeness (QED) is 0.681. The van der Waals surface area contributed by atoms with Gasteiger partial charge in [-0.25, -0.2) is 0 Å². The van der Waals surface area contributed by atoms with Crippen molar-refractivity contribution >= 4 is 35.0 Å². The molecule has 1 aliphatic heterocycles. The molecule has 2 amide bonds. The lowest BCUT2D eigenvalue weighted by Gasteiger charge is -2.33. The number of ether oxygens (including phenoxy) is 1. The molecule has 0 spiro atoms. The molecule has 0 bridgehead atoms. The molecule has 6 nitrogen and oxygen atoms in total. The first-order valence-corrected chi connectivity index (χ1v) is 10.6. The van der Waals surface area contributed by atoms with Crippen LogP contribution in [0.3, 0.4) is 0 Å². The monoisotopic (exact) mass is 449 g/mol. The first-order chi connectivity index (χ1) is 14.4. The second kappa shape index (κ2) is 10.8. The predicted octanol–water partition coefficient (Wildman–Crippen LogP) is 2.91. The smallest absolute Gasteiger partial charge is 0.251 e. The number of rotatable bonds is 7. The van der Waals surface area contributed by atoms with E-state index in [1.54, 1.807) is 37.4 Å². The third kappa shape index (κ3) is 6.44. The van der Waals surface area contributed by atoms with Crippen molar-refractivity contribution in [2.24, 2.45) is 0 Å². The van der Waals surface area contributed by atoms with Crippen molar-refractivity contribution in [3.63, 3.8) is 0 Å². The van der Waals surface area contributed by atoms with Crippen LogP contribution in [0.15, 0.2) is 42.5 Å². The van der Waals surface area contributed by atoms with Crippen LogP contribution in [-0.2, 0) is 22.5 Å². The first-order valence-electron chi connectivity index (χ1n) is 9.80. The molecule has 1 unspecified atom stereocenters. The van der Waals surface area contributed by atoms with Crippen molar-refractivity contribution in [2.75, 3.05) is 33.3 Å². The van der Waals surface area contributed by atoms with Gasteiger partial charge in [0.2, 0.25) is 5.91 Å². The standard InChI is InChI=1S/C22H25Cl2N3O3/c1-25-22(29)17-5-2-15(3-6-17)11-21(28)26-12-18-14-27(8-9-30-18)13-16-4-7-19(23)20(24)10-16/h2-7,10,18H,8-9,11-14H2,1H3,(H,25,29)(H,26,28). The van der Waals surface area contributed by atoms with E-state index in [2.05, 4.69) is 15.5 Å². The highest BCUT2D eigenvalue weighted by Crippen LogP contribution is 2.23. The van der Waals surface area contributed by atoms with E-state index in [0.717, 1.165) is 30.8 Å². The number of halogens is 2. The molecule has 1 fully saturated rings. The van der Waals surface area contributed by atoms with E-state index < -0.39 is 0 Å². The molecular weight excluding hydrogens is 425 g/mol. The molecule has 1 atom stereocenters. The van der Waals surface area contributed by atoms with Crippen LogP contribution < -0.4 is 10.6 Å². The van der Waals surface area contributed by atoms with Crippen LogP contribution in [-0.4, -0.2) is 56.1 Å². The van der Waals surface area contributed by atoms with Crippen LogP contribution in [0.5, 0.6) is 0 Å². The lowest BCUT2D eigenvalue weighted by molar-refractivity contribution is -0.121. The number of nitrogens with one attached hydrogen (secondary N) is 2. The SMILES string of the molecule is CNC(=O)c1ccc(CC(=O)NCC2CN(Cc3ccc(Cl)c(Cl)c3)CCO2)cc1. The topological polar surface area (TPSA) is 70.7 Å². The molecule has 3 rings (SSSR count). The molecule has 8 heteroatoms. The van der Waals surface area contributed by atoms with Gasteiger partial charge in [0, 0.05) is 38.8 Å². The summed E-state index contributed by atoms with van der Waals surface area (Å²) < 4.78 is 5.80. The summed E-state index contributed by atoms with van der Waals surface area (Å²) in [5.74, 6) is -0.223. The van der Waals surface area contributed by atoms with E-state index in [-0.39, 0.29) is 24.3 Å². The summed E-state index contributed by atoms with van der Waals surface area (Å²) in [6, 6.07) is 12.7. The lowest BCUT2D eigenvalue weighted by atomic mass is 10.1. The second-order valence-corrected chi connectivity index (χ2v) is 8.05. The third-order valence-electron chi connectivity index (χ3n) is 4.95. The van der Waals surface area contributed by atoms with E-state index >= 15 is 0 Å². The maximum atomic E-state index is 12.3. The highest BCUT2D eigenvalue weighted by atomic mass is 35.5. The number of benzene rings is 2. The highest BCUT2D eigenvalue weighted by Gasteiger charge is 2.21. The van der Waals surface area contributed by atoms with Gasteiger partial charge in [-0.05, 0) is 35.4 Å². The number of nitrogens with zero attached hydrogens (tertiary/aromatic N) is 1. The Morgan fingerprint density at radius 3 is 2.53 bits per heavy atom. The highest BCUT2D eigenvalue weighted by molar-refractivity contribution is 6.42. The van der Waals surface area contributed by atoms with Crippen molar-refractivity contribution in [1.29, 1.82) is 0 Å². The summed E-state index contributed by atoms with van der Waals surface area (Å²) in [4.78, 5) is 26.1. The van der Waals surface area contributed by atoms with Crippen LogP contribution >= 0.6 is 23.2 Å². The van der Waals surface area contributed by atoms with E-state index in [1.807, 2.05) is 12.1 Å². The van der Waals surface area contributed by atoms with Gasteiger partial charge in [-0.1, -0.05) is 41.4 Å². The molecule has 0 aromatic heterocycles. The molecule has 0 aliphatic carbocycles. The number of hydrogen-bond acceptors (Lipinski definition) is 4. The number of hydrogen-bond donors (Lipinski definition) is 2. The Balaban J connectivity index is 1.45. The molecule has 160 valence electrons. The molecular formula is C22H25Cl2N3O3. The molecule has 0 radical (unpaired) electrons. The number of amides is 2. The van der Waals surface area contributed by atoms with Crippen molar-refractivity contribution < 1.29 is 14.3 Å². The van der Waals surface area contributed by atoms with Crippen molar-refractivity contribution in [1.82, 2.24) is 15.5 Å². The third-order valence-corrected chi connectivity index (χ3v) is 5.69. The maximum Gasteiger partial charge on any atom is 0.251 e. The van der Waals surface area contributed by atoms with Crippen LogP contribution in [0.2, 0.25) is 10.0 Å². The minimum absolute atomic E-state index is 0.0684. The predicted molar refractivity (Wildman–Crippen MR) is 118 cm³/mol. The van der Waals surface area contributed by atoms with Gasteiger partial charge in [0.15, 0.2) is 0 Å². The molecule has 1 saturated heterocycles. The van der Waals surface area contributed by atoms with Gasteiger partial charge in [0.05, 0.1) is 29.2 Å². The van der Waals surface area contributed by atoms with E-state index in [9.17, 15) is 9.59 Å². The number of carbonyl (C=O) groups is 2. The Bertz CT molecular complexity index is 890. The minimum Gasteiger partial charge on any atom is -0.374 e. The average Bonchev–Trinajstić information content (AvgIpc) is 2.75. The Morgan fingerprint density at radius 2 is 1.83 bits per heavy atom. The summed E-state index contributed by atoms with van der Waals surface area (Å²) in [6.45, 7) is 3.36. The fourth-order valence-corrected chi connectivity index (χ4v) is 3.66. The van der Waals surface area contributed by atoms with Crippen molar-refractivity contribution in [3.8, 4) is 0 Å². The van der Waals surface area contributed by atoms with Crippen LogP contribution in [0.1, 0.15) is 21.5 Å². The normalized spacial score (nSPS) is 16.8. The number of morpholine rings is 1. The van der Waals surface area contributed by atoms with E-state index in [4.69, 9.17) is 27.9 Å². The summed E-state index contributed by atoms with van der Waals surface area (Å²) in [5.41, 5.74) is 2.51. The zero-order chi connectivity index (χ0) is 21.5. The van der Waals surface area contributed by atoms with Crippen LogP contribution in [0, 0.1) is 0 Å². The van der Waals surface area contributed by atoms with Gasteiger partial charge in [-0.2, -0.15) is 0 Å². The largest absolute Gasteiger partial charge is 0.374 e. The van der Waals surface area contributed by atoms with Gasteiger partial charge in [0.25, 0.3) is 5.91 Å². The molecule has 2 aromatic carbocycles. The Hall–Kier alpha value is -2.12. The van der Waals surface area contributed by atoms with E-state index in [1.165, 1.54) is 0 Å².